The van der Waals surface area contributed by atoms with Crippen LogP contribution in [0, 0.1) is 12.8 Å². The standard InChI is InChI=1S/C17H25NO/c1-5-9-18-11-16-15(10-12(2)3)14-8-6-7-13(4)17(14)19-16/h6-8,12,18H,5,9-11H2,1-4H3. The molecule has 0 aliphatic rings. The molecular weight excluding hydrogens is 234 g/mol. The number of hydrogen-bond donors (Lipinski definition) is 1. The minimum absolute atomic E-state index is 0.645. The molecule has 0 aliphatic heterocycles. The van der Waals surface area contributed by atoms with Crippen molar-refractivity contribution in [3.8, 4) is 0 Å². The fourth-order valence-corrected chi connectivity index (χ4v) is 2.51. The first-order valence-electron chi connectivity index (χ1n) is 7.34. The molecule has 2 heteroatoms. The summed E-state index contributed by atoms with van der Waals surface area (Å²) >= 11 is 0. The maximum Gasteiger partial charge on any atom is 0.137 e. The van der Waals surface area contributed by atoms with Gasteiger partial charge in [-0.15, -0.1) is 0 Å². The topological polar surface area (TPSA) is 25.2 Å². The van der Waals surface area contributed by atoms with E-state index in [0.717, 1.165) is 37.3 Å². The molecule has 0 saturated heterocycles. The summed E-state index contributed by atoms with van der Waals surface area (Å²) in [7, 11) is 0. The molecule has 0 fully saturated rings. The highest BCUT2D eigenvalue weighted by molar-refractivity contribution is 5.84. The molecule has 1 aromatic carbocycles. The summed E-state index contributed by atoms with van der Waals surface area (Å²) in [5.41, 5.74) is 3.67. The van der Waals surface area contributed by atoms with Crippen molar-refractivity contribution in [2.75, 3.05) is 6.54 Å². The average molecular weight is 259 g/mol. The number of nitrogens with one attached hydrogen (secondary N) is 1. The first-order valence-corrected chi connectivity index (χ1v) is 7.34. The molecule has 2 rings (SSSR count). The Balaban J connectivity index is 2.39. The molecule has 0 saturated carbocycles. The number of furan rings is 1. The molecule has 0 spiro atoms. The van der Waals surface area contributed by atoms with E-state index in [-0.39, 0.29) is 0 Å². The molecule has 2 aromatic rings. The van der Waals surface area contributed by atoms with E-state index in [1.807, 2.05) is 0 Å². The minimum Gasteiger partial charge on any atom is -0.459 e. The molecule has 0 atom stereocenters. The van der Waals surface area contributed by atoms with Gasteiger partial charge in [-0.2, -0.15) is 0 Å². The fourth-order valence-electron chi connectivity index (χ4n) is 2.51. The number of fused-ring (bicyclic) bond motifs is 1. The lowest BCUT2D eigenvalue weighted by molar-refractivity contribution is 0.500. The van der Waals surface area contributed by atoms with Crippen LogP contribution in [0.1, 0.15) is 44.1 Å². The number of benzene rings is 1. The summed E-state index contributed by atoms with van der Waals surface area (Å²) in [5, 5.41) is 4.75. The molecule has 0 amide bonds. The molecule has 0 aliphatic carbocycles. The molecule has 0 radical (unpaired) electrons. The van der Waals surface area contributed by atoms with Crippen molar-refractivity contribution in [3.63, 3.8) is 0 Å². The first kappa shape index (κ1) is 14.1. The highest BCUT2D eigenvalue weighted by atomic mass is 16.3. The van der Waals surface area contributed by atoms with Gasteiger partial charge in [-0.3, -0.25) is 0 Å². The third kappa shape index (κ3) is 3.19. The van der Waals surface area contributed by atoms with Gasteiger partial charge in [0.05, 0.1) is 6.54 Å². The average Bonchev–Trinajstić information content (AvgIpc) is 2.69. The maximum atomic E-state index is 6.11. The summed E-state index contributed by atoms with van der Waals surface area (Å²) in [6.45, 7) is 10.7. The van der Waals surface area contributed by atoms with Crippen molar-refractivity contribution in [2.45, 2.75) is 47.1 Å². The quantitative estimate of drug-likeness (QED) is 0.776. The van der Waals surface area contributed by atoms with Crippen LogP contribution in [0.25, 0.3) is 11.0 Å². The number of aryl methyl sites for hydroxylation is 1. The Morgan fingerprint density at radius 2 is 2.05 bits per heavy atom. The van der Waals surface area contributed by atoms with Crippen LogP contribution in [0.3, 0.4) is 0 Å². The van der Waals surface area contributed by atoms with Crippen molar-refractivity contribution >= 4 is 11.0 Å². The van der Waals surface area contributed by atoms with Gasteiger partial charge in [0, 0.05) is 10.9 Å². The Hall–Kier alpha value is -1.28. The predicted octanol–water partition coefficient (Wildman–Crippen LogP) is 4.44. The van der Waals surface area contributed by atoms with Crippen LogP contribution >= 0.6 is 0 Å². The van der Waals surface area contributed by atoms with Crippen molar-refractivity contribution in [1.82, 2.24) is 5.32 Å². The molecule has 0 bridgehead atoms. The highest BCUT2D eigenvalue weighted by Gasteiger charge is 2.15. The zero-order chi connectivity index (χ0) is 13.8. The monoisotopic (exact) mass is 259 g/mol. The van der Waals surface area contributed by atoms with Crippen molar-refractivity contribution in [2.24, 2.45) is 5.92 Å². The van der Waals surface area contributed by atoms with Gasteiger partial charge >= 0.3 is 0 Å². The van der Waals surface area contributed by atoms with E-state index in [2.05, 4.69) is 51.2 Å². The minimum atomic E-state index is 0.645. The normalized spacial score (nSPS) is 11.6. The van der Waals surface area contributed by atoms with Crippen LogP contribution in [0.5, 0.6) is 0 Å². The second-order valence-corrected chi connectivity index (χ2v) is 5.73. The Morgan fingerprint density at radius 3 is 2.74 bits per heavy atom. The first-order chi connectivity index (χ1) is 9.13. The van der Waals surface area contributed by atoms with Gasteiger partial charge in [0.1, 0.15) is 11.3 Å². The lowest BCUT2D eigenvalue weighted by Gasteiger charge is -2.07. The number of hydrogen-bond acceptors (Lipinski definition) is 2. The molecule has 1 N–H and O–H groups in total. The summed E-state index contributed by atoms with van der Waals surface area (Å²) in [5.74, 6) is 1.76. The second kappa shape index (κ2) is 6.25. The molecular formula is C17H25NO. The SMILES string of the molecule is CCCNCc1oc2c(C)cccc2c1CC(C)C. The lowest BCUT2D eigenvalue weighted by Crippen LogP contribution is -2.14. The van der Waals surface area contributed by atoms with Crippen LogP contribution in [0.15, 0.2) is 22.6 Å². The van der Waals surface area contributed by atoms with Crippen molar-refractivity contribution in [1.29, 1.82) is 0 Å². The Kier molecular flexibility index (Phi) is 4.65. The summed E-state index contributed by atoms with van der Waals surface area (Å²) in [6.07, 6.45) is 2.23. The molecule has 1 aromatic heterocycles. The van der Waals surface area contributed by atoms with Gasteiger partial charge in [0.15, 0.2) is 0 Å². The second-order valence-electron chi connectivity index (χ2n) is 5.73. The summed E-state index contributed by atoms with van der Waals surface area (Å²) in [4.78, 5) is 0. The van der Waals surface area contributed by atoms with Crippen LogP contribution in [0.4, 0.5) is 0 Å². The van der Waals surface area contributed by atoms with Crippen molar-refractivity contribution < 1.29 is 4.42 Å². The fraction of sp³-hybridized carbons (Fsp3) is 0.529. The lowest BCUT2D eigenvalue weighted by atomic mass is 9.99. The summed E-state index contributed by atoms with van der Waals surface area (Å²) in [6, 6.07) is 6.43. The van der Waals surface area contributed by atoms with E-state index < -0.39 is 0 Å². The van der Waals surface area contributed by atoms with Crippen LogP contribution in [-0.2, 0) is 13.0 Å². The largest absolute Gasteiger partial charge is 0.459 e. The van der Waals surface area contributed by atoms with Crippen molar-refractivity contribution in [3.05, 3.63) is 35.1 Å². The van der Waals surface area contributed by atoms with E-state index in [0.29, 0.717) is 5.92 Å². The van der Waals surface area contributed by atoms with E-state index in [1.165, 1.54) is 16.5 Å². The zero-order valence-electron chi connectivity index (χ0n) is 12.5. The van der Waals surface area contributed by atoms with Gasteiger partial charge in [-0.05, 0) is 37.8 Å². The van der Waals surface area contributed by atoms with Gasteiger partial charge in [0.2, 0.25) is 0 Å². The molecule has 19 heavy (non-hydrogen) atoms. The van der Waals surface area contributed by atoms with Crippen LogP contribution in [0.2, 0.25) is 0 Å². The molecule has 2 nitrogen and oxygen atoms in total. The van der Waals surface area contributed by atoms with E-state index in [1.54, 1.807) is 0 Å². The zero-order valence-corrected chi connectivity index (χ0v) is 12.5. The van der Waals surface area contributed by atoms with Gasteiger partial charge in [0.25, 0.3) is 0 Å². The molecule has 104 valence electrons. The maximum absolute atomic E-state index is 6.11. The number of para-hydroxylation sites is 1. The Labute approximate surface area is 116 Å². The molecule has 1 heterocycles. The highest BCUT2D eigenvalue weighted by Crippen LogP contribution is 2.30. The Morgan fingerprint density at radius 1 is 1.26 bits per heavy atom. The summed E-state index contributed by atoms with van der Waals surface area (Å²) < 4.78 is 6.11. The van der Waals surface area contributed by atoms with E-state index in [4.69, 9.17) is 4.42 Å². The van der Waals surface area contributed by atoms with Gasteiger partial charge in [-0.25, -0.2) is 0 Å². The predicted molar refractivity (Wildman–Crippen MR) is 81.5 cm³/mol. The molecule has 0 unspecified atom stereocenters. The smallest absolute Gasteiger partial charge is 0.137 e. The van der Waals surface area contributed by atoms with E-state index >= 15 is 0 Å². The van der Waals surface area contributed by atoms with Gasteiger partial charge < -0.3 is 9.73 Å². The van der Waals surface area contributed by atoms with Gasteiger partial charge in [-0.1, -0.05) is 39.0 Å². The Bertz CT molecular complexity index is 539. The van der Waals surface area contributed by atoms with Crippen LogP contribution in [-0.4, -0.2) is 6.54 Å². The third-order valence-electron chi connectivity index (χ3n) is 3.42. The number of rotatable bonds is 6. The van der Waals surface area contributed by atoms with E-state index in [9.17, 15) is 0 Å². The van der Waals surface area contributed by atoms with Crippen LogP contribution < -0.4 is 5.32 Å². The third-order valence-corrected chi connectivity index (χ3v) is 3.42.